The summed E-state index contributed by atoms with van der Waals surface area (Å²) in [4.78, 5) is 0. The minimum atomic E-state index is 0.745. The zero-order valence-electron chi connectivity index (χ0n) is 14.1. The van der Waals surface area contributed by atoms with Gasteiger partial charge in [0.1, 0.15) is 19.0 Å². The molecule has 0 aliphatic rings. The summed E-state index contributed by atoms with van der Waals surface area (Å²) in [5.74, 6) is 0. The van der Waals surface area contributed by atoms with Gasteiger partial charge < -0.3 is 4.42 Å². The van der Waals surface area contributed by atoms with Gasteiger partial charge in [-0.05, 0) is 28.8 Å². The van der Waals surface area contributed by atoms with Crippen molar-refractivity contribution in [2.24, 2.45) is 0 Å². The largest absolute Gasteiger partial charge is 0.455 e. The third-order valence-electron chi connectivity index (χ3n) is 4.78. The maximum atomic E-state index is 6.22. The van der Waals surface area contributed by atoms with Crippen LogP contribution in [0, 0.1) is 0 Å². The summed E-state index contributed by atoms with van der Waals surface area (Å²) in [5.41, 5.74) is 6.93. The van der Waals surface area contributed by atoms with E-state index >= 15 is 0 Å². The molecule has 2 heteroatoms. The second-order valence-corrected chi connectivity index (χ2v) is 6.49. The molecule has 0 aliphatic carbocycles. The van der Waals surface area contributed by atoms with E-state index in [0.717, 1.165) is 49.7 Å². The van der Waals surface area contributed by atoms with Crippen LogP contribution in [0.5, 0.6) is 0 Å². The van der Waals surface area contributed by atoms with Crippen molar-refractivity contribution >= 4 is 35.2 Å². The third-order valence-corrected chi connectivity index (χ3v) is 4.78. The smallest absolute Gasteiger partial charge is 0.143 e. The first-order valence-electron chi connectivity index (χ1n) is 8.66. The highest BCUT2D eigenvalue weighted by molar-refractivity contribution is 6.33. The van der Waals surface area contributed by atoms with Crippen LogP contribution in [-0.4, -0.2) is 7.85 Å². The molecular weight excluding hydrogens is 315 g/mol. The summed E-state index contributed by atoms with van der Waals surface area (Å²) in [6.07, 6.45) is 0. The van der Waals surface area contributed by atoms with Crippen molar-refractivity contribution in [3.63, 3.8) is 0 Å². The zero-order chi connectivity index (χ0) is 17.5. The fourth-order valence-corrected chi connectivity index (χ4v) is 3.58. The molecule has 0 bridgehead atoms. The molecule has 0 saturated heterocycles. The highest BCUT2D eigenvalue weighted by atomic mass is 16.3. The predicted molar refractivity (Wildman–Crippen MR) is 110 cm³/mol. The van der Waals surface area contributed by atoms with Gasteiger partial charge in [0.25, 0.3) is 0 Å². The Bertz CT molecular complexity index is 1240. The monoisotopic (exact) mass is 330 g/mol. The van der Waals surface area contributed by atoms with Crippen molar-refractivity contribution in [1.82, 2.24) is 0 Å². The number of rotatable bonds is 2. The van der Waals surface area contributed by atoms with Crippen molar-refractivity contribution in [3.05, 3.63) is 91.0 Å². The van der Waals surface area contributed by atoms with E-state index in [1.165, 1.54) is 0 Å². The lowest BCUT2D eigenvalue weighted by Crippen LogP contribution is -2.02. The topological polar surface area (TPSA) is 13.1 Å². The summed E-state index contributed by atoms with van der Waals surface area (Å²) in [5, 5.41) is 2.26. The maximum absolute atomic E-state index is 6.22. The number of benzene rings is 4. The van der Waals surface area contributed by atoms with Gasteiger partial charge in [-0.1, -0.05) is 84.3 Å². The molecule has 5 aromatic rings. The van der Waals surface area contributed by atoms with Gasteiger partial charge >= 0.3 is 0 Å². The minimum absolute atomic E-state index is 0.745. The van der Waals surface area contributed by atoms with E-state index in [-0.39, 0.29) is 0 Å². The summed E-state index contributed by atoms with van der Waals surface area (Å²) >= 11 is 0. The molecule has 1 heterocycles. The van der Waals surface area contributed by atoms with Crippen LogP contribution in [0.25, 0.3) is 44.2 Å². The van der Waals surface area contributed by atoms with Crippen molar-refractivity contribution in [1.29, 1.82) is 0 Å². The Hall–Kier alpha value is -3.26. The Morgan fingerprint density at radius 3 is 2.19 bits per heavy atom. The van der Waals surface area contributed by atoms with E-state index in [1.807, 2.05) is 48.5 Å². The predicted octanol–water partition coefficient (Wildman–Crippen LogP) is 5.71. The molecule has 0 saturated carbocycles. The molecular formula is C24H15BO. The molecule has 0 spiro atoms. The van der Waals surface area contributed by atoms with E-state index in [2.05, 4.69) is 42.5 Å². The first-order valence-corrected chi connectivity index (χ1v) is 8.66. The molecule has 4 aromatic carbocycles. The Labute approximate surface area is 153 Å². The lowest BCUT2D eigenvalue weighted by Gasteiger charge is -2.09. The lowest BCUT2D eigenvalue weighted by atomic mass is 9.88. The fraction of sp³-hybridized carbons (Fsp3) is 0. The Morgan fingerprint density at radius 1 is 0.577 bits per heavy atom. The van der Waals surface area contributed by atoms with E-state index in [4.69, 9.17) is 12.3 Å². The van der Waals surface area contributed by atoms with E-state index < -0.39 is 0 Å². The summed E-state index contributed by atoms with van der Waals surface area (Å²) in [7, 11) is 6.22. The van der Waals surface area contributed by atoms with Gasteiger partial charge in [-0.25, -0.2) is 0 Å². The Kier molecular flexibility index (Phi) is 3.43. The van der Waals surface area contributed by atoms with Crippen molar-refractivity contribution in [2.75, 3.05) is 0 Å². The average molecular weight is 330 g/mol. The molecule has 120 valence electrons. The molecule has 26 heavy (non-hydrogen) atoms. The summed E-state index contributed by atoms with van der Waals surface area (Å²) in [6, 6.07) is 30.9. The number of hydrogen-bond acceptors (Lipinski definition) is 1. The van der Waals surface area contributed by atoms with Crippen LogP contribution in [0.1, 0.15) is 0 Å². The number of furan rings is 1. The van der Waals surface area contributed by atoms with E-state index in [1.54, 1.807) is 0 Å². The Morgan fingerprint density at radius 2 is 1.31 bits per heavy atom. The van der Waals surface area contributed by atoms with Crippen LogP contribution in [0.15, 0.2) is 95.4 Å². The van der Waals surface area contributed by atoms with Gasteiger partial charge in [0.15, 0.2) is 0 Å². The van der Waals surface area contributed by atoms with Crippen LogP contribution in [-0.2, 0) is 0 Å². The quantitative estimate of drug-likeness (QED) is 0.378. The zero-order valence-corrected chi connectivity index (χ0v) is 14.1. The number of para-hydroxylation sites is 2. The normalized spacial score (nSPS) is 11.2. The second-order valence-electron chi connectivity index (χ2n) is 6.49. The summed E-state index contributed by atoms with van der Waals surface area (Å²) in [6.45, 7) is 0. The summed E-state index contributed by atoms with van der Waals surface area (Å²) < 4.78 is 6.18. The third kappa shape index (κ3) is 2.43. The second kappa shape index (κ2) is 5.92. The van der Waals surface area contributed by atoms with E-state index in [0.29, 0.717) is 0 Å². The molecule has 5 rings (SSSR count). The van der Waals surface area contributed by atoms with Gasteiger partial charge in [-0.2, -0.15) is 0 Å². The van der Waals surface area contributed by atoms with Crippen molar-refractivity contribution in [2.45, 2.75) is 0 Å². The highest BCUT2D eigenvalue weighted by Gasteiger charge is 2.12. The maximum Gasteiger partial charge on any atom is 0.143 e. The van der Waals surface area contributed by atoms with Crippen LogP contribution in [0.4, 0.5) is 0 Å². The van der Waals surface area contributed by atoms with Gasteiger partial charge in [0.2, 0.25) is 0 Å². The Balaban J connectivity index is 1.77. The molecule has 1 nitrogen and oxygen atoms in total. The molecule has 0 N–H and O–H groups in total. The molecule has 0 aliphatic heterocycles. The molecule has 0 amide bonds. The van der Waals surface area contributed by atoms with Gasteiger partial charge in [-0.3, -0.25) is 0 Å². The minimum Gasteiger partial charge on any atom is -0.455 e. The molecule has 1 aromatic heterocycles. The molecule has 0 atom stereocenters. The molecule has 2 radical (unpaired) electrons. The first-order chi connectivity index (χ1) is 12.8. The highest BCUT2D eigenvalue weighted by Crippen LogP contribution is 2.36. The van der Waals surface area contributed by atoms with E-state index in [9.17, 15) is 0 Å². The lowest BCUT2D eigenvalue weighted by molar-refractivity contribution is 0.670. The standard InChI is InChI=1S/C24H15BO/c25-19-14-17(16-7-2-1-3-8-16)13-18(15-19)20-10-6-11-22-21-9-4-5-12-23(21)26-24(20)22/h1-15H. The van der Waals surface area contributed by atoms with Crippen molar-refractivity contribution < 1.29 is 4.42 Å². The number of fused-ring (bicyclic) bond motifs is 3. The molecule has 0 unspecified atom stereocenters. The van der Waals surface area contributed by atoms with Crippen LogP contribution >= 0.6 is 0 Å². The van der Waals surface area contributed by atoms with Gasteiger partial charge in [-0.15, -0.1) is 0 Å². The van der Waals surface area contributed by atoms with Crippen molar-refractivity contribution in [3.8, 4) is 22.3 Å². The van der Waals surface area contributed by atoms with Gasteiger partial charge in [0, 0.05) is 16.3 Å². The number of hydrogen-bond donors (Lipinski definition) is 0. The fourth-order valence-electron chi connectivity index (χ4n) is 3.58. The SMILES string of the molecule is [B]c1cc(-c2ccccc2)cc(-c2cccc3c2oc2ccccc23)c1. The van der Waals surface area contributed by atoms with Crippen LogP contribution in [0.3, 0.4) is 0 Å². The molecule has 0 fully saturated rings. The van der Waals surface area contributed by atoms with Gasteiger partial charge in [0.05, 0.1) is 0 Å². The first kappa shape index (κ1) is 15.0. The average Bonchev–Trinajstić information content (AvgIpc) is 3.07. The van der Waals surface area contributed by atoms with Crippen LogP contribution in [0.2, 0.25) is 0 Å². The van der Waals surface area contributed by atoms with Crippen LogP contribution < -0.4 is 5.46 Å².